The largest absolute Gasteiger partial charge is 0.356 e. The van der Waals surface area contributed by atoms with Gasteiger partial charge in [-0.15, -0.1) is 0 Å². The van der Waals surface area contributed by atoms with Crippen LogP contribution in [0.15, 0.2) is 0 Å². The predicted octanol–water partition coefficient (Wildman–Crippen LogP) is 0.251. The second kappa shape index (κ2) is 4.34. The second-order valence-corrected chi connectivity index (χ2v) is 3.14. The van der Waals surface area contributed by atoms with E-state index >= 15 is 0 Å². The molecule has 0 aromatic carbocycles. The van der Waals surface area contributed by atoms with Crippen molar-refractivity contribution in [2.75, 3.05) is 13.1 Å². The molecule has 1 atom stereocenters. The van der Waals surface area contributed by atoms with Crippen LogP contribution >= 0.6 is 0 Å². The molecule has 3 N–H and O–H groups in total. The first kappa shape index (κ1) is 8.53. The van der Waals surface area contributed by atoms with Crippen LogP contribution in [0.4, 0.5) is 0 Å². The van der Waals surface area contributed by atoms with E-state index < -0.39 is 0 Å². The Morgan fingerprint density at radius 3 is 3.09 bits per heavy atom. The number of nitrogens with one attached hydrogen (secondary N) is 1. The van der Waals surface area contributed by atoms with Crippen molar-refractivity contribution in [2.24, 2.45) is 11.7 Å². The van der Waals surface area contributed by atoms with Crippen LogP contribution in [0.5, 0.6) is 0 Å². The van der Waals surface area contributed by atoms with E-state index in [1.54, 1.807) is 0 Å². The van der Waals surface area contributed by atoms with Gasteiger partial charge in [-0.2, -0.15) is 0 Å². The molecule has 0 radical (unpaired) electrons. The lowest BCUT2D eigenvalue weighted by molar-refractivity contribution is -0.123. The van der Waals surface area contributed by atoms with Gasteiger partial charge in [0.25, 0.3) is 0 Å². The highest BCUT2D eigenvalue weighted by Crippen LogP contribution is 2.17. The SMILES string of the molecule is NCCCC1CCNC(=O)C1. The van der Waals surface area contributed by atoms with Gasteiger partial charge in [0.1, 0.15) is 0 Å². The minimum Gasteiger partial charge on any atom is -0.356 e. The van der Waals surface area contributed by atoms with Gasteiger partial charge in [0, 0.05) is 13.0 Å². The molecule has 0 spiro atoms. The van der Waals surface area contributed by atoms with Crippen molar-refractivity contribution in [2.45, 2.75) is 25.7 Å². The van der Waals surface area contributed by atoms with E-state index in [0.29, 0.717) is 12.3 Å². The van der Waals surface area contributed by atoms with E-state index in [2.05, 4.69) is 5.32 Å². The molecule has 0 aromatic rings. The maximum Gasteiger partial charge on any atom is 0.220 e. The molecular formula is C8H16N2O. The quantitative estimate of drug-likeness (QED) is 0.615. The average Bonchev–Trinajstić information content (AvgIpc) is 2.01. The molecule has 1 aliphatic heterocycles. The molecule has 0 bridgehead atoms. The zero-order valence-corrected chi connectivity index (χ0v) is 6.81. The zero-order chi connectivity index (χ0) is 8.10. The Bertz CT molecular complexity index is 136. The zero-order valence-electron chi connectivity index (χ0n) is 6.81. The number of piperidine rings is 1. The summed E-state index contributed by atoms with van der Waals surface area (Å²) in [7, 11) is 0. The van der Waals surface area contributed by atoms with E-state index in [-0.39, 0.29) is 5.91 Å². The number of rotatable bonds is 3. The van der Waals surface area contributed by atoms with Crippen molar-refractivity contribution in [3.05, 3.63) is 0 Å². The number of carbonyl (C=O) groups excluding carboxylic acids is 1. The molecular weight excluding hydrogens is 140 g/mol. The highest BCUT2D eigenvalue weighted by atomic mass is 16.1. The molecule has 0 aromatic heterocycles. The lowest BCUT2D eigenvalue weighted by Crippen LogP contribution is -2.33. The van der Waals surface area contributed by atoms with Gasteiger partial charge in [-0.05, 0) is 31.7 Å². The third-order valence-corrected chi connectivity index (χ3v) is 2.17. The number of nitrogens with two attached hydrogens (primary N) is 1. The first-order valence-electron chi connectivity index (χ1n) is 4.29. The summed E-state index contributed by atoms with van der Waals surface area (Å²) >= 11 is 0. The van der Waals surface area contributed by atoms with Crippen LogP contribution in [0.25, 0.3) is 0 Å². The maximum absolute atomic E-state index is 10.9. The Hall–Kier alpha value is -0.570. The highest BCUT2D eigenvalue weighted by Gasteiger charge is 2.17. The first-order chi connectivity index (χ1) is 5.33. The van der Waals surface area contributed by atoms with Gasteiger partial charge in [-0.25, -0.2) is 0 Å². The molecule has 0 saturated carbocycles. The molecule has 1 heterocycles. The first-order valence-corrected chi connectivity index (χ1v) is 4.29. The molecule has 1 rings (SSSR count). The predicted molar refractivity (Wildman–Crippen MR) is 44.0 cm³/mol. The lowest BCUT2D eigenvalue weighted by atomic mass is 9.93. The molecule has 1 amide bonds. The summed E-state index contributed by atoms with van der Waals surface area (Å²) in [6, 6.07) is 0. The van der Waals surface area contributed by atoms with Crippen LogP contribution in [0.2, 0.25) is 0 Å². The highest BCUT2D eigenvalue weighted by molar-refractivity contribution is 5.76. The topological polar surface area (TPSA) is 55.1 Å². The molecule has 3 nitrogen and oxygen atoms in total. The van der Waals surface area contributed by atoms with Crippen molar-refractivity contribution in [3.8, 4) is 0 Å². The molecule has 1 saturated heterocycles. The lowest BCUT2D eigenvalue weighted by Gasteiger charge is -2.21. The Balaban J connectivity index is 2.17. The van der Waals surface area contributed by atoms with Crippen molar-refractivity contribution in [3.63, 3.8) is 0 Å². The van der Waals surface area contributed by atoms with Crippen LogP contribution in [0.3, 0.4) is 0 Å². The standard InChI is InChI=1S/C8H16N2O/c9-4-1-2-7-3-5-10-8(11)6-7/h7H,1-6,9H2,(H,10,11). The summed E-state index contributed by atoms with van der Waals surface area (Å²) in [6.45, 7) is 1.60. The van der Waals surface area contributed by atoms with E-state index in [0.717, 1.165) is 32.4 Å². The number of amides is 1. The third-order valence-electron chi connectivity index (χ3n) is 2.17. The molecule has 11 heavy (non-hydrogen) atoms. The van der Waals surface area contributed by atoms with E-state index in [9.17, 15) is 4.79 Å². The fraction of sp³-hybridized carbons (Fsp3) is 0.875. The minimum absolute atomic E-state index is 0.207. The van der Waals surface area contributed by atoms with Crippen LogP contribution in [-0.4, -0.2) is 19.0 Å². The third kappa shape index (κ3) is 2.89. The number of carbonyl (C=O) groups is 1. The summed E-state index contributed by atoms with van der Waals surface area (Å²) in [5, 5.41) is 2.82. The molecule has 3 heteroatoms. The van der Waals surface area contributed by atoms with Crippen LogP contribution in [-0.2, 0) is 4.79 Å². The smallest absolute Gasteiger partial charge is 0.220 e. The fourth-order valence-electron chi connectivity index (χ4n) is 1.51. The molecule has 1 fully saturated rings. The second-order valence-electron chi connectivity index (χ2n) is 3.14. The van der Waals surface area contributed by atoms with E-state index in [4.69, 9.17) is 5.73 Å². The fourth-order valence-corrected chi connectivity index (χ4v) is 1.51. The van der Waals surface area contributed by atoms with Gasteiger partial charge >= 0.3 is 0 Å². The summed E-state index contributed by atoms with van der Waals surface area (Å²) in [6.07, 6.45) is 4.01. The van der Waals surface area contributed by atoms with Crippen molar-refractivity contribution < 1.29 is 4.79 Å². The van der Waals surface area contributed by atoms with E-state index in [1.165, 1.54) is 0 Å². The molecule has 1 unspecified atom stereocenters. The van der Waals surface area contributed by atoms with Gasteiger partial charge < -0.3 is 11.1 Å². The summed E-state index contributed by atoms with van der Waals surface area (Å²) in [5.41, 5.74) is 5.38. The Morgan fingerprint density at radius 1 is 1.64 bits per heavy atom. The molecule has 0 aliphatic carbocycles. The Labute approximate surface area is 67.3 Å². The summed E-state index contributed by atoms with van der Waals surface area (Å²) < 4.78 is 0. The monoisotopic (exact) mass is 156 g/mol. The van der Waals surface area contributed by atoms with Crippen molar-refractivity contribution in [1.82, 2.24) is 5.32 Å². The summed E-state index contributed by atoms with van der Waals surface area (Å²) in [4.78, 5) is 10.9. The van der Waals surface area contributed by atoms with Gasteiger partial charge in [0.05, 0.1) is 0 Å². The maximum atomic E-state index is 10.9. The van der Waals surface area contributed by atoms with E-state index in [1.807, 2.05) is 0 Å². The van der Waals surface area contributed by atoms with Crippen LogP contribution in [0, 0.1) is 5.92 Å². The molecule has 64 valence electrons. The number of hydrogen-bond donors (Lipinski definition) is 2. The van der Waals surface area contributed by atoms with Gasteiger partial charge in [0.2, 0.25) is 5.91 Å². The summed E-state index contributed by atoms with van der Waals surface area (Å²) in [5.74, 6) is 0.797. The number of hydrogen-bond acceptors (Lipinski definition) is 2. The van der Waals surface area contributed by atoms with Gasteiger partial charge in [-0.3, -0.25) is 4.79 Å². The Kier molecular flexibility index (Phi) is 3.36. The van der Waals surface area contributed by atoms with Crippen LogP contribution in [0.1, 0.15) is 25.7 Å². The normalized spacial score (nSPS) is 24.8. The van der Waals surface area contributed by atoms with Gasteiger partial charge in [0.15, 0.2) is 0 Å². The van der Waals surface area contributed by atoms with Gasteiger partial charge in [-0.1, -0.05) is 0 Å². The van der Waals surface area contributed by atoms with Crippen LogP contribution < -0.4 is 11.1 Å². The molecule has 1 aliphatic rings. The van der Waals surface area contributed by atoms with Crippen molar-refractivity contribution in [1.29, 1.82) is 0 Å². The minimum atomic E-state index is 0.207. The Morgan fingerprint density at radius 2 is 2.45 bits per heavy atom. The average molecular weight is 156 g/mol. The van der Waals surface area contributed by atoms with Crippen molar-refractivity contribution >= 4 is 5.91 Å².